The van der Waals surface area contributed by atoms with E-state index in [2.05, 4.69) is 19.2 Å². The minimum Gasteiger partial charge on any atom is -0.481 e. The van der Waals surface area contributed by atoms with Crippen LogP contribution in [0.1, 0.15) is 39.2 Å². The predicted octanol–water partition coefficient (Wildman–Crippen LogP) is 3.12. The van der Waals surface area contributed by atoms with Gasteiger partial charge in [-0.2, -0.15) is 0 Å². The van der Waals surface area contributed by atoms with E-state index >= 15 is 0 Å². The summed E-state index contributed by atoms with van der Waals surface area (Å²) in [5.74, 6) is -1.26. The second kappa shape index (κ2) is 9.23. The smallest absolute Gasteiger partial charge is 0.308 e. The number of hydrogen-bond acceptors (Lipinski definition) is 2. The largest absolute Gasteiger partial charge is 0.481 e. The molecule has 4 nitrogen and oxygen atoms in total. The average molecular weight is 305 g/mol. The van der Waals surface area contributed by atoms with E-state index in [0.29, 0.717) is 12.3 Å². The first kappa shape index (κ1) is 18.2. The molecular formula is C18H27NO3. The van der Waals surface area contributed by atoms with Crippen LogP contribution in [0.15, 0.2) is 30.3 Å². The molecular weight excluding hydrogens is 278 g/mol. The molecule has 0 aliphatic heterocycles. The Kier molecular flexibility index (Phi) is 7.64. The molecule has 2 unspecified atom stereocenters. The van der Waals surface area contributed by atoms with E-state index in [1.165, 1.54) is 0 Å². The molecule has 2 N–H and O–H groups in total. The highest BCUT2D eigenvalue weighted by Gasteiger charge is 2.24. The summed E-state index contributed by atoms with van der Waals surface area (Å²) in [4.78, 5) is 23.6. The van der Waals surface area contributed by atoms with Gasteiger partial charge in [-0.05, 0) is 17.9 Å². The zero-order valence-electron chi connectivity index (χ0n) is 13.7. The second-order valence-electron chi connectivity index (χ2n) is 5.84. The van der Waals surface area contributed by atoms with Crippen LogP contribution >= 0.6 is 0 Å². The van der Waals surface area contributed by atoms with Crippen molar-refractivity contribution in [1.29, 1.82) is 0 Å². The zero-order chi connectivity index (χ0) is 16.5. The number of hydrogen-bond donors (Lipinski definition) is 2. The molecule has 0 bridgehead atoms. The van der Waals surface area contributed by atoms with E-state index in [-0.39, 0.29) is 18.4 Å². The summed E-state index contributed by atoms with van der Waals surface area (Å²) in [6, 6.07) is 9.50. The first-order chi connectivity index (χ1) is 10.5. The molecule has 0 aromatic heterocycles. The van der Waals surface area contributed by atoms with Crippen LogP contribution in [0, 0.1) is 17.8 Å². The van der Waals surface area contributed by atoms with Crippen LogP contribution in [0.3, 0.4) is 0 Å². The van der Waals surface area contributed by atoms with Crippen LogP contribution in [-0.4, -0.2) is 23.5 Å². The maximum absolute atomic E-state index is 12.2. The molecule has 4 heteroatoms. The van der Waals surface area contributed by atoms with Crippen molar-refractivity contribution < 1.29 is 14.7 Å². The third kappa shape index (κ3) is 5.51. The van der Waals surface area contributed by atoms with Gasteiger partial charge in [-0.25, -0.2) is 0 Å². The molecule has 0 saturated heterocycles. The topological polar surface area (TPSA) is 66.4 Å². The van der Waals surface area contributed by atoms with Gasteiger partial charge in [0.15, 0.2) is 0 Å². The van der Waals surface area contributed by atoms with Crippen LogP contribution in [0.25, 0.3) is 0 Å². The minimum absolute atomic E-state index is 0.0481. The molecule has 0 fully saturated rings. The van der Waals surface area contributed by atoms with Crippen molar-refractivity contribution in [1.82, 2.24) is 5.32 Å². The monoisotopic (exact) mass is 305 g/mol. The number of nitrogens with one attached hydrogen (secondary N) is 1. The van der Waals surface area contributed by atoms with Gasteiger partial charge in [0.1, 0.15) is 0 Å². The summed E-state index contributed by atoms with van der Waals surface area (Å²) in [6.45, 7) is 6.24. The molecule has 0 aliphatic rings. The lowest BCUT2D eigenvalue weighted by atomic mass is 9.88. The Morgan fingerprint density at radius 1 is 1.14 bits per heavy atom. The van der Waals surface area contributed by atoms with Crippen LogP contribution in [0.4, 0.5) is 0 Å². The molecule has 2 atom stereocenters. The summed E-state index contributed by atoms with van der Waals surface area (Å²) in [7, 11) is 0. The predicted molar refractivity (Wildman–Crippen MR) is 87.5 cm³/mol. The van der Waals surface area contributed by atoms with E-state index < -0.39 is 11.9 Å². The van der Waals surface area contributed by atoms with Crippen molar-refractivity contribution in [3.05, 3.63) is 35.9 Å². The molecule has 0 spiro atoms. The molecule has 22 heavy (non-hydrogen) atoms. The molecule has 0 aliphatic carbocycles. The molecule has 1 amide bonds. The van der Waals surface area contributed by atoms with E-state index in [9.17, 15) is 14.7 Å². The van der Waals surface area contributed by atoms with E-state index in [1.807, 2.05) is 37.3 Å². The Labute approximate surface area is 132 Å². The SMILES string of the molecule is CCC(CC)C(C)C(=O)NCC(Cc1ccccc1)C(=O)O. The molecule has 122 valence electrons. The summed E-state index contributed by atoms with van der Waals surface area (Å²) < 4.78 is 0. The van der Waals surface area contributed by atoms with Gasteiger partial charge in [-0.1, -0.05) is 63.9 Å². The lowest BCUT2D eigenvalue weighted by Crippen LogP contribution is -2.38. The summed E-state index contributed by atoms with van der Waals surface area (Å²) >= 11 is 0. The van der Waals surface area contributed by atoms with Gasteiger partial charge < -0.3 is 10.4 Å². The number of carbonyl (C=O) groups is 2. The summed E-state index contributed by atoms with van der Waals surface area (Å²) in [6.07, 6.45) is 2.34. The molecule has 0 heterocycles. The lowest BCUT2D eigenvalue weighted by Gasteiger charge is -2.21. The van der Waals surface area contributed by atoms with Crippen molar-refractivity contribution in [3.63, 3.8) is 0 Å². The highest BCUT2D eigenvalue weighted by molar-refractivity contribution is 5.79. The maximum atomic E-state index is 12.2. The molecule has 0 saturated carbocycles. The van der Waals surface area contributed by atoms with Crippen LogP contribution in [0.5, 0.6) is 0 Å². The maximum Gasteiger partial charge on any atom is 0.308 e. The van der Waals surface area contributed by atoms with Crippen LogP contribution in [0.2, 0.25) is 0 Å². The normalized spacial score (nSPS) is 13.6. The van der Waals surface area contributed by atoms with Gasteiger partial charge in [0, 0.05) is 12.5 Å². The number of amides is 1. The van der Waals surface area contributed by atoms with Crippen molar-refractivity contribution in [2.75, 3.05) is 6.54 Å². The number of aliphatic carboxylic acids is 1. The Balaban J connectivity index is 2.58. The fourth-order valence-electron chi connectivity index (χ4n) is 2.74. The van der Waals surface area contributed by atoms with Crippen molar-refractivity contribution in [2.45, 2.75) is 40.0 Å². The van der Waals surface area contributed by atoms with Crippen molar-refractivity contribution >= 4 is 11.9 Å². The summed E-state index contributed by atoms with van der Waals surface area (Å²) in [5, 5.41) is 12.1. The minimum atomic E-state index is -0.876. The van der Waals surface area contributed by atoms with Gasteiger partial charge in [0.2, 0.25) is 5.91 Å². The second-order valence-corrected chi connectivity index (χ2v) is 5.84. The third-order valence-electron chi connectivity index (χ3n) is 4.37. The summed E-state index contributed by atoms with van der Waals surface area (Å²) in [5.41, 5.74) is 0.970. The molecule has 0 radical (unpaired) electrons. The van der Waals surface area contributed by atoms with E-state index in [4.69, 9.17) is 0 Å². The van der Waals surface area contributed by atoms with E-state index in [1.54, 1.807) is 0 Å². The van der Waals surface area contributed by atoms with Crippen molar-refractivity contribution in [2.24, 2.45) is 17.8 Å². The Morgan fingerprint density at radius 3 is 2.23 bits per heavy atom. The number of carbonyl (C=O) groups excluding carboxylic acids is 1. The first-order valence-corrected chi connectivity index (χ1v) is 8.03. The Bertz CT molecular complexity index is 468. The molecule has 1 rings (SSSR count). The lowest BCUT2D eigenvalue weighted by molar-refractivity contribution is -0.141. The Morgan fingerprint density at radius 2 is 1.73 bits per heavy atom. The van der Waals surface area contributed by atoms with Crippen molar-refractivity contribution in [3.8, 4) is 0 Å². The highest BCUT2D eigenvalue weighted by atomic mass is 16.4. The quantitative estimate of drug-likeness (QED) is 0.736. The third-order valence-corrected chi connectivity index (χ3v) is 4.37. The zero-order valence-corrected chi connectivity index (χ0v) is 13.7. The Hall–Kier alpha value is -1.84. The standard InChI is InChI=1S/C18H27NO3/c1-4-15(5-2)13(3)17(20)19-12-16(18(21)22)11-14-9-7-6-8-10-14/h6-10,13,15-16H,4-5,11-12H2,1-3H3,(H,19,20)(H,21,22). The van der Waals surface area contributed by atoms with Gasteiger partial charge in [0.05, 0.1) is 5.92 Å². The first-order valence-electron chi connectivity index (χ1n) is 8.03. The number of benzene rings is 1. The van der Waals surface area contributed by atoms with Crippen LogP contribution < -0.4 is 5.32 Å². The molecule has 1 aromatic carbocycles. The van der Waals surface area contributed by atoms with Gasteiger partial charge >= 0.3 is 5.97 Å². The van der Waals surface area contributed by atoms with Gasteiger partial charge in [-0.3, -0.25) is 9.59 Å². The fourth-order valence-corrected chi connectivity index (χ4v) is 2.74. The molecule has 1 aromatic rings. The van der Waals surface area contributed by atoms with Gasteiger partial charge in [0.25, 0.3) is 0 Å². The van der Waals surface area contributed by atoms with Gasteiger partial charge in [-0.15, -0.1) is 0 Å². The average Bonchev–Trinajstić information content (AvgIpc) is 2.52. The highest BCUT2D eigenvalue weighted by Crippen LogP contribution is 2.19. The van der Waals surface area contributed by atoms with E-state index in [0.717, 1.165) is 18.4 Å². The number of rotatable bonds is 9. The number of carboxylic acid groups (broad SMARTS) is 1. The van der Waals surface area contributed by atoms with Crippen LogP contribution in [-0.2, 0) is 16.0 Å². The number of carboxylic acids is 1. The fraction of sp³-hybridized carbons (Fsp3) is 0.556.